The van der Waals surface area contributed by atoms with Crippen LogP contribution < -0.4 is 9.47 Å². The molecule has 0 unspecified atom stereocenters. The zero-order valence-corrected chi connectivity index (χ0v) is 21.2. The minimum absolute atomic E-state index is 0.114. The van der Waals surface area contributed by atoms with E-state index in [4.69, 9.17) is 21.1 Å². The molecule has 2 aromatic carbocycles. The Labute approximate surface area is 218 Å². The van der Waals surface area contributed by atoms with E-state index in [1.165, 1.54) is 7.11 Å². The fraction of sp³-hybridized carbons (Fsp3) is 0.308. The standard InChI is InChI=1S/C26H24ClN3O5S/c1-34-21-12-17(11-20(27)24(21)35-16-19-8-4-3-7-18(19)14-28)13-22-25(32)30(26(33)36-22)15-23(31)29-9-5-2-6-10-29/h3-4,7-8,11-13H,2,5-6,9-10,15-16H2,1H3/b22-13-. The third kappa shape index (κ3) is 5.66. The van der Waals surface area contributed by atoms with Crippen molar-refractivity contribution in [3.05, 3.63) is 63.0 Å². The summed E-state index contributed by atoms with van der Waals surface area (Å²) in [4.78, 5) is 40.8. The Balaban J connectivity index is 1.49. The highest BCUT2D eigenvalue weighted by Gasteiger charge is 2.37. The lowest BCUT2D eigenvalue weighted by Gasteiger charge is -2.27. The van der Waals surface area contributed by atoms with Gasteiger partial charge in [0.05, 0.1) is 28.7 Å². The maximum Gasteiger partial charge on any atom is 0.294 e. The van der Waals surface area contributed by atoms with Crippen LogP contribution in [-0.4, -0.2) is 53.6 Å². The SMILES string of the molecule is COc1cc(/C=C2\SC(=O)N(CC(=O)N3CCCCC3)C2=O)cc(Cl)c1OCc1ccccc1C#N. The van der Waals surface area contributed by atoms with Crippen LogP contribution in [0.1, 0.15) is 36.0 Å². The zero-order valence-electron chi connectivity index (χ0n) is 19.7. The number of nitrogens with zero attached hydrogens (tertiary/aromatic N) is 3. The van der Waals surface area contributed by atoms with Crippen molar-refractivity contribution >= 4 is 46.5 Å². The van der Waals surface area contributed by atoms with Gasteiger partial charge in [0.1, 0.15) is 13.2 Å². The molecule has 0 bridgehead atoms. The van der Waals surface area contributed by atoms with Gasteiger partial charge >= 0.3 is 0 Å². The first-order valence-corrected chi connectivity index (χ1v) is 12.6. The number of hydrogen-bond donors (Lipinski definition) is 0. The second-order valence-electron chi connectivity index (χ2n) is 8.30. The van der Waals surface area contributed by atoms with Crippen molar-refractivity contribution < 1.29 is 23.9 Å². The van der Waals surface area contributed by atoms with E-state index in [1.54, 1.807) is 41.3 Å². The lowest BCUT2D eigenvalue weighted by molar-refractivity contribution is -0.136. The molecule has 2 aliphatic rings. The first kappa shape index (κ1) is 25.6. The molecule has 2 aliphatic heterocycles. The van der Waals surface area contributed by atoms with Crippen molar-refractivity contribution in [2.24, 2.45) is 0 Å². The van der Waals surface area contributed by atoms with Gasteiger partial charge in [-0.1, -0.05) is 29.8 Å². The van der Waals surface area contributed by atoms with Gasteiger partial charge in [-0.3, -0.25) is 19.3 Å². The molecular weight excluding hydrogens is 502 g/mol. The fourth-order valence-electron chi connectivity index (χ4n) is 4.03. The highest BCUT2D eigenvalue weighted by molar-refractivity contribution is 8.18. The number of nitriles is 1. The van der Waals surface area contributed by atoms with Crippen LogP contribution in [0.4, 0.5) is 4.79 Å². The Hall–Kier alpha value is -3.48. The number of methoxy groups -OCH3 is 1. The summed E-state index contributed by atoms with van der Waals surface area (Å²) in [5, 5.41) is 9.04. The van der Waals surface area contributed by atoms with Crippen molar-refractivity contribution in [1.29, 1.82) is 5.26 Å². The number of hydrogen-bond acceptors (Lipinski definition) is 7. The molecule has 0 aromatic heterocycles. The summed E-state index contributed by atoms with van der Waals surface area (Å²) in [5.74, 6) is -0.103. The van der Waals surface area contributed by atoms with Crippen LogP contribution >= 0.6 is 23.4 Å². The number of halogens is 1. The van der Waals surface area contributed by atoms with Gasteiger partial charge in [0.25, 0.3) is 11.1 Å². The molecule has 10 heteroatoms. The number of piperidine rings is 1. The lowest BCUT2D eigenvalue weighted by Crippen LogP contribution is -2.44. The van der Waals surface area contributed by atoms with Gasteiger partial charge in [0.2, 0.25) is 5.91 Å². The topological polar surface area (TPSA) is 99.9 Å². The van der Waals surface area contributed by atoms with E-state index in [2.05, 4.69) is 6.07 Å². The van der Waals surface area contributed by atoms with Crippen molar-refractivity contribution in [2.45, 2.75) is 25.9 Å². The Bertz CT molecular complexity index is 1270. The number of thioether (sulfide) groups is 1. The maximum absolute atomic E-state index is 12.9. The van der Waals surface area contributed by atoms with Gasteiger partial charge in [0, 0.05) is 18.7 Å². The average molecular weight is 526 g/mol. The monoisotopic (exact) mass is 525 g/mol. The summed E-state index contributed by atoms with van der Waals surface area (Å²) < 4.78 is 11.3. The van der Waals surface area contributed by atoms with Crippen molar-refractivity contribution in [3.63, 3.8) is 0 Å². The van der Waals surface area contributed by atoms with E-state index in [9.17, 15) is 19.6 Å². The summed E-state index contributed by atoms with van der Waals surface area (Å²) in [6.07, 6.45) is 4.48. The van der Waals surface area contributed by atoms with E-state index in [0.717, 1.165) is 35.9 Å². The van der Waals surface area contributed by atoms with Crippen LogP contribution in [0, 0.1) is 11.3 Å². The number of ether oxygens (including phenoxy) is 2. The minimum Gasteiger partial charge on any atom is -0.493 e. The van der Waals surface area contributed by atoms with Crippen molar-refractivity contribution in [1.82, 2.24) is 9.80 Å². The van der Waals surface area contributed by atoms with Gasteiger partial charge in [-0.05, 0) is 60.9 Å². The molecular formula is C26H24ClN3O5S. The Kier molecular flexibility index (Phi) is 8.18. The molecule has 0 saturated carbocycles. The van der Waals surface area contributed by atoms with E-state index >= 15 is 0 Å². The molecule has 2 heterocycles. The van der Waals surface area contributed by atoms with E-state index in [0.29, 0.717) is 41.3 Å². The van der Waals surface area contributed by atoms with Crippen LogP contribution in [0.15, 0.2) is 41.3 Å². The summed E-state index contributed by atoms with van der Waals surface area (Å²) in [7, 11) is 1.46. The van der Waals surface area contributed by atoms with Gasteiger partial charge in [-0.2, -0.15) is 5.26 Å². The summed E-state index contributed by atoms with van der Waals surface area (Å²) in [5.41, 5.74) is 1.74. The molecule has 8 nitrogen and oxygen atoms in total. The number of likely N-dealkylation sites (tertiary alicyclic amines) is 1. The first-order chi connectivity index (χ1) is 17.4. The summed E-state index contributed by atoms with van der Waals surface area (Å²) in [6, 6.07) is 12.4. The molecule has 0 radical (unpaired) electrons. The van der Waals surface area contributed by atoms with E-state index in [1.807, 2.05) is 6.07 Å². The van der Waals surface area contributed by atoms with Gasteiger partial charge in [-0.25, -0.2) is 0 Å². The number of benzene rings is 2. The molecule has 0 atom stereocenters. The molecule has 0 spiro atoms. The molecule has 0 N–H and O–H groups in total. The summed E-state index contributed by atoms with van der Waals surface area (Å²) >= 11 is 7.25. The van der Waals surface area contributed by atoms with Crippen LogP contribution in [0.2, 0.25) is 5.02 Å². The van der Waals surface area contributed by atoms with Crippen LogP contribution in [-0.2, 0) is 16.2 Å². The number of amides is 3. The molecule has 2 saturated heterocycles. The highest BCUT2D eigenvalue weighted by atomic mass is 35.5. The third-order valence-corrected chi connectivity index (χ3v) is 7.12. The lowest BCUT2D eigenvalue weighted by atomic mass is 10.1. The van der Waals surface area contributed by atoms with Crippen molar-refractivity contribution in [2.75, 3.05) is 26.7 Å². The molecule has 4 rings (SSSR count). The molecule has 186 valence electrons. The minimum atomic E-state index is -0.515. The molecule has 2 aromatic rings. The zero-order chi connectivity index (χ0) is 25.7. The van der Waals surface area contributed by atoms with E-state index in [-0.39, 0.29) is 29.0 Å². The number of carbonyl (C=O) groups excluding carboxylic acids is 3. The van der Waals surface area contributed by atoms with Gasteiger partial charge < -0.3 is 14.4 Å². The molecule has 0 aliphatic carbocycles. The average Bonchev–Trinajstić information content (AvgIpc) is 3.15. The predicted octanol–water partition coefficient (Wildman–Crippen LogP) is 4.85. The normalized spacial score (nSPS) is 16.9. The molecule has 2 fully saturated rings. The second-order valence-corrected chi connectivity index (χ2v) is 9.70. The van der Waals surface area contributed by atoms with Gasteiger partial charge in [0.15, 0.2) is 11.5 Å². The smallest absolute Gasteiger partial charge is 0.294 e. The third-order valence-electron chi connectivity index (χ3n) is 5.94. The summed E-state index contributed by atoms with van der Waals surface area (Å²) in [6.45, 7) is 1.16. The van der Waals surface area contributed by atoms with Crippen LogP contribution in [0.3, 0.4) is 0 Å². The Morgan fingerprint density at radius 2 is 1.94 bits per heavy atom. The van der Waals surface area contributed by atoms with Crippen LogP contribution in [0.5, 0.6) is 11.5 Å². The maximum atomic E-state index is 12.9. The largest absolute Gasteiger partial charge is 0.493 e. The molecule has 36 heavy (non-hydrogen) atoms. The predicted molar refractivity (Wildman–Crippen MR) is 137 cm³/mol. The van der Waals surface area contributed by atoms with Crippen molar-refractivity contribution in [3.8, 4) is 17.6 Å². The Morgan fingerprint density at radius 3 is 2.67 bits per heavy atom. The van der Waals surface area contributed by atoms with Crippen LogP contribution in [0.25, 0.3) is 6.08 Å². The number of imide groups is 1. The second kappa shape index (κ2) is 11.5. The molecule has 3 amide bonds. The Morgan fingerprint density at radius 1 is 1.19 bits per heavy atom. The number of carbonyl (C=O) groups is 3. The fourth-order valence-corrected chi connectivity index (χ4v) is 5.15. The first-order valence-electron chi connectivity index (χ1n) is 11.4. The highest BCUT2D eigenvalue weighted by Crippen LogP contribution is 2.39. The number of rotatable bonds is 7. The van der Waals surface area contributed by atoms with Gasteiger partial charge in [-0.15, -0.1) is 0 Å². The quantitative estimate of drug-likeness (QED) is 0.476. The van der Waals surface area contributed by atoms with E-state index < -0.39 is 11.1 Å².